The molecule has 0 aromatic heterocycles. The Balaban J connectivity index is 2.04. The molecule has 1 aliphatic heterocycles. The predicted octanol–water partition coefficient (Wildman–Crippen LogP) is 4.02. The van der Waals surface area contributed by atoms with Gasteiger partial charge in [-0.25, -0.2) is 4.39 Å². The highest BCUT2D eigenvalue weighted by Gasteiger charge is 2.14. The van der Waals surface area contributed by atoms with Crippen molar-refractivity contribution in [3.05, 3.63) is 40.7 Å². The summed E-state index contributed by atoms with van der Waals surface area (Å²) in [5.74, 6) is -0.295. The van der Waals surface area contributed by atoms with Crippen molar-refractivity contribution in [1.82, 2.24) is 5.32 Å². The van der Waals surface area contributed by atoms with Gasteiger partial charge in [0, 0.05) is 12.1 Å². The predicted molar refractivity (Wildman–Crippen MR) is 70.7 cm³/mol. The largest absolute Gasteiger partial charge is 0.308 e. The molecular formula is C14H17ClFN. The topological polar surface area (TPSA) is 12.0 Å². The van der Waals surface area contributed by atoms with E-state index in [1.54, 1.807) is 6.07 Å². The second-order valence-electron chi connectivity index (χ2n) is 4.63. The summed E-state index contributed by atoms with van der Waals surface area (Å²) in [6.45, 7) is 2.20. The summed E-state index contributed by atoms with van der Waals surface area (Å²) in [7, 11) is 0. The van der Waals surface area contributed by atoms with E-state index in [4.69, 9.17) is 11.6 Å². The average Bonchev–Trinajstić information content (AvgIpc) is 2.28. The first-order valence-electron chi connectivity index (χ1n) is 6.04. The Labute approximate surface area is 107 Å². The van der Waals surface area contributed by atoms with E-state index >= 15 is 0 Å². The Hall–Kier alpha value is -0.860. The Morgan fingerprint density at radius 3 is 2.94 bits per heavy atom. The van der Waals surface area contributed by atoms with E-state index in [9.17, 15) is 4.39 Å². The number of piperidine rings is 1. The molecule has 1 aliphatic rings. The van der Waals surface area contributed by atoms with Gasteiger partial charge in [0.15, 0.2) is 0 Å². The zero-order valence-corrected chi connectivity index (χ0v) is 10.7. The molecule has 0 radical (unpaired) electrons. The first kappa shape index (κ1) is 12.6. The van der Waals surface area contributed by atoms with Gasteiger partial charge in [0.05, 0.1) is 5.02 Å². The van der Waals surface area contributed by atoms with Crippen LogP contribution in [0.2, 0.25) is 5.02 Å². The fraction of sp³-hybridized carbons (Fsp3) is 0.429. The van der Waals surface area contributed by atoms with Gasteiger partial charge < -0.3 is 5.32 Å². The number of halogens is 2. The van der Waals surface area contributed by atoms with Crippen LogP contribution in [-0.4, -0.2) is 12.1 Å². The minimum absolute atomic E-state index is 0.295. The molecule has 1 aromatic rings. The molecule has 2 atom stereocenters. The highest BCUT2D eigenvalue weighted by atomic mass is 35.5. The fourth-order valence-corrected chi connectivity index (χ4v) is 2.41. The van der Waals surface area contributed by atoms with Crippen molar-refractivity contribution in [2.75, 3.05) is 0 Å². The molecule has 92 valence electrons. The first-order chi connectivity index (χ1) is 8.15. The normalized spacial score (nSPS) is 25.4. The summed E-state index contributed by atoms with van der Waals surface area (Å²) in [6, 6.07) is 5.46. The van der Waals surface area contributed by atoms with Gasteiger partial charge in [-0.3, -0.25) is 0 Å². The van der Waals surface area contributed by atoms with Gasteiger partial charge in [-0.15, -0.1) is 0 Å². The maximum absolute atomic E-state index is 12.9. The molecule has 0 bridgehead atoms. The second-order valence-corrected chi connectivity index (χ2v) is 5.04. The van der Waals surface area contributed by atoms with Gasteiger partial charge in [0.2, 0.25) is 0 Å². The molecule has 1 N–H and O–H groups in total. The molecule has 1 heterocycles. The lowest BCUT2D eigenvalue weighted by atomic mass is 9.99. The Morgan fingerprint density at radius 2 is 2.24 bits per heavy atom. The van der Waals surface area contributed by atoms with Crippen LogP contribution >= 0.6 is 11.6 Å². The summed E-state index contributed by atoms with van der Waals surface area (Å²) in [6.07, 6.45) is 7.73. The molecule has 1 aromatic carbocycles. The molecule has 0 saturated carbocycles. The number of benzene rings is 1. The SMILES string of the molecule is CC1CCCC(/C=C/c2ccc(F)cc2Cl)N1. The van der Waals surface area contributed by atoms with Gasteiger partial charge in [0.1, 0.15) is 5.82 Å². The van der Waals surface area contributed by atoms with Crippen LogP contribution < -0.4 is 5.32 Å². The first-order valence-corrected chi connectivity index (χ1v) is 6.42. The molecule has 1 nitrogen and oxygen atoms in total. The van der Waals surface area contributed by atoms with Crippen LogP contribution in [-0.2, 0) is 0 Å². The quantitative estimate of drug-likeness (QED) is 0.839. The summed E-state index contributed by atoms with van der Waals surface area (Å²) >= 11 is 5.96. The summed E-state index contributed by atoms with van der Waals surface area (Å²) in [5.41, 5.74) is 0.869. The van der Waals surface area contributed by atoms with Crippen LogP contribution in [0.25, 0.3) is 6.08 Å². The lowest BCUT2D eigenvalue weighted by Crippen LogP contribution is -2.39. The standard InChI is InChI=1S/C14H17ClFN/c1-10-3-2-4-13(17-10)8-6-11-5-7-12(16)9-14(11)15/h5-10,13,17H,2-4H2,1H3/b8-6+. The van der Waals surface area contributed by atoms with Gasteiger partial charge in [-0.05, 0) is 37.5 Å². The number of rotatable bonds is 2. The van der Waals surface area contributed by atoms with E-state index in [1.807, 2.05) is 6.08 Å². The van der Waals surface area contributed by atoms with Crippen LogP contribution in [0.4, 0.5) is 4.39 Å². The highest BCUT2D eigenvalue weighted by molar-refractivity contribution is 6.32. The number of hydrogen-bond acceptors (Lipinski definition) is 1. The second kappa shape index (κ2) is 5.65. The third kappa shape index (κ3) is 3.55. The molecule has 17 heavy (non-hydrogen) atoms. The molecule has 2 unspecified atom stereocenters. The summed E-state index contributed by atoms with van der Waals surface area (Å²) in [5, 5.41) is 3.98. The van der Waals surface area contributed by atoms with Crippen molar-refractivity contribution >= 4 is 17.7 Å². The maximum Gasteiger partial charge on any atom is 0.124 e. The van der Waals surface area contributed by atoms with Crippen molar-refractivity contribution in [2.24, 2.45) is 0 Å². The van der Waals surface area contributed by atoms with Gasteiger partial charge in [-0.1, -0.05) is 36.2 Å². The minimum atomic E-state index is -0.295. The Kier molecular flexibility index (Phi) is 4.19. The maximum atomic E-state index is 12.9. The zero-order chi connectivity index (χ0) is 12.3. The van der Waals surface area contributed by atoms with E-state index < -0.39 is 0 Å². The van der Waals surface area contributed by atoms with E-state index in [0.29, 0.717) is 17.1 Å². The van der Waals surface area contributed by atoms with Crippen molar-refractivity contribution in [3.63, 3.8) is 0 Å². The van der Waals surface area contributed by atoms with E-state index in [2.05, 4.69) is 18.3 Å². The van der Waals surface area contributed by atoms with Crippen LogP contribution in [0.5, 0.6) is 0 Å². The summed E-state index contributed by atoms with van der Waals surface area (Å²) < 4.78 is 12.9. The third-order valence-corrected chi connectivity index (χ3v) is 3.45. The number of hydrogen-bond donors (Lipinski definition) is 1. The lowest BCUT2D eigenvalue weighted by Gasteiger charge is -2.26. The van der Waals surface area contributed by atoms with Crippen molar-refractivity contribution < 1.29 is 4.39 Å². The molecule has 0 aliphatic carbocycles. The molecule has 3 heteroatoms. The zero-order valence-electron chi connectivity index (χ0n) is 9.92. The molecule has 0 amide bonds. The molecule has 2 rings (SSSR count). The fourth-order valence-electron chi connectivity index (χ4n) is 2.18. The van der Waals surface area contributed by atoms with Crippen LogP contribution in [0.15, 0.2) is 24.3 Å². The molecule has 1 fully saturated rings. The van der Waals surface area contributed by atoms with Gasteiger partial charge in [-0.2, -0.15) is 0 Å². The van der Waals surface area contributed by atoms with Gasteiger partial charge in [0.25, 0.3) is 0 Å². The van der Waals surface area contributed by atoms with Crippen LogP contribution in [0, 0.1) is 5.82 Å². The van der Waals surface area contributed by atoms with Crippen molar-refractivity contribution in [3.8, 4) is 0 Å². The third-order valence-electron chi connectivity index (χ3n) is 3.12. The van der Waals surface area contributed by atoms with E-state index in [0.717, 1.165) is 12.0 Å². The van der Waals surface area contributed by atoms with E-state index in [1.165, 1.54) is 25.0 Å². The smallest absolute Gasteiger partial charge is 0.124 e. The van der Waals surface area contributed by atoms with E-state index in [-0.39, 0.29) is 5.82 Å². The average molecular weight is 254 g/mol. The Bertz CT molecular complexity index is 417. The Morgan fingerprint density at radius 1 is 1.41 bits per heavy atom. The highest BCUT2D eigenvalue weighted by Crippen LogP contribution is 2.20. The number of nitrogens with one attached hydrogen (secondary N) is 1. The molecular weight excluding hydrogens is 237 g/mol. The molecule has 0 spiro atoms. The monoisotopic (exact) mass is 253 g/mol. The minimum Gasteiger partial charge on any atom is -0.308 e. The van der Waals surface area contributed by atoms with Crippen molar-refractivity contribution in [2.45, 2.75) is 38.3 Å². The van der Waals surface area contributed by atoms with Crippen molar-refractivity contribution in [1.29, 1.82) is 0 Å². The lowest BCUT2D eigenvalue weighted by molar-refractivity contribution is 0.375. The van der Waals surface area contributed by atoms with Crippen LogP contribution in [0.3, 0.4) is 0 Å². The van der Waals surface area contributed by atoms with Crippen LogP contribution in [0.1, 0.15) is 31.7 Å². The summed E-state index contributed by atoms with van der Waals surface area (Å²) in [4.78, 5) is 0. The molecule has 1 saturated heterocycles. The van der Waals surface area contributed by atoms with Gasteiger partial charge >= 0.3 is 0 Å².